The molecule has 44 heavy (non-hydrogen) atoms. The van der Waals surface area contributed by atoms with Gasteiger partial charge >= 0.3 is 298 Å². The van der Waals surface area contributed by atoms with Crippen molar-refractivity contribution in [3.63, 3.8) is 0 Å². The quantitative estimate of drug-likeness (QED) is 0.0630. The Morgan fingerprint density at radius 3 is 0.659 bits per heavy atom. The fraction of sp³-hybridized carbons (Fsp3) is 1.00. The van der Waals surface area contributed by atoms with Gasteiger partial charge in [-0.1, -0.05) is 0 Å². The van der Waals surface area contributed by atoms with E-state index in [1.54, 1.807) is 97.7 Å². The summed E-state index contributed by atoms with van der Waals surface area (Å²) in [5.41, 5.74) is 0. The molecule has 1 rings (SSSR count). The summed E-state index contributed by atoms with van der Waals surface area (Å²) in [7, 11) is 0. The molecule has 0 aromatic rings. The van der Waals surface area contributed by atoms with Crippen molar-refractivity contribution in [2.75, 3.05) is 0 Å². The van der Waals surface area contributed by atoms with Crippen LogP contribution >= 0.6 is 0 Å². The number of rotatable bonds is 30. The van der Waals surface area contributed by atoms with Crippen molar-refractivity contribution >= 4 is 55.1 Å². The molecule has 0 aromatic heterocycles. The Morgan fingerprint density at radius 2 is 0.477 bits per heavy atom. The zero-order valence-corrected chi connectivity index (χ0v) is 41.3. The predicted octanol–water partition coefficient (Wildman–Crippen LogP) is 16.4. The first kappa shape index (κ1) is 44.4. The molecular weight excluding hydrogens is 849 g/mol. The molecule has 2 atom stereocenters. The third-order valence-electron chi connectivity index (χ3n) is 13.3. The number of unbranched alkanes of at least 4 members (excludes halogenated alkanes) is 9. The van der Waals surface area contributed by atoms with Crippen LogP contribution in [0, 0.1) is 0 Å². The van der Waals surface area contributed by atoms with Crippen molar-refractivity contribution < 1.29 is 0 Å². The second-order valence-corrected chi connectivity index (χ2v) is 59.1. The summed E-state index contributed by atoms with van der Waals surface area (Å²) in [4.78, 5) is 0. The van der Waals surface area contributed by atoms with Gasteiger partial charge < -0.3 is 0 Å². The van der Waals surface area contributed by atoms with Crippen molar-refractivity contribution in [1.29, 1.82) is 0 Å². The van der Waals surface area contributed by atoms with Crippen molar-refractivity contribution in [2.45, 2.75) is 242 Å². The van der Waals surface area contributed by atoms with Crippen LogP contribution in [0.4, 0.5) is 0 Å². The average Bonchev–Trinajstić information content (AvgIpc) is 3.52. The maximum atomic E-state index is 2.53. The molecule has 0 spiro atoms. The van der Waals surface area contributed by atoms with Gasteiger partial charge in [-0.05, 0) is 0 Å². The number of hydrogen-bond acceptors (Lipinski definition) is 0. The molecule has 1 saturated carbocycles. The second-order valence-electron chi connectivity index (χ2n) is 16.4. The summed E-state index contributed by atoms with van der Waals surface area (Å²) in [6.45, 7) is 22.7. The van der Waals surface area contributed by atoms with Gasteiger partial charge in [-0.2, -0.15) is 0 Å². The topological polar surface area (TPSA) is 0 Å². The molecule has 1 fully saturated rings. The summed E-state index contributed by atoms with van der Waals surface area (Å²) in [6, 6.07) is 0. The molecular formula is C41H88Sn3. The van der Waals surface area contributed by atoms with Gasteiger partial charge in [0.05, 0.1) is 0 Å². The Bertz CT molecular complexity index is 555. The Kier molecular flexibility index (Phi) is 26.5. The van der Waals surface area contributed by atoms with Crippen LogP contribution in [0.2, 0.25) is 51.7 Å². The third-order valence-corrected chi connectivity index (χ3v) is 69.5. The van der Waals surface area contributed by atoms with E-state index in [1.165, 1.54) is 69.6 Å². The van der Waals surface area contributed by atoms with Crippen LogP contribution in [-0.2, 0) is 0 Å². The minimum absolute atomic E-state index is 1.28. The van der Waals surface area contributed by atoms with Crippen molar-refractivity contribution in [3.8, 4) is 0 Å². The van der Waals surface area contributed by atoms with Gasteiger partial charge in [-0.3, -0.25) is 0 Å². The van der Waals surface area contributed by atoms with E-state index in [0.717, 1.165) is 0 Å². The molecule has 0 saturated heterocycles. The van der Waals surface area contributed by atoms with Gasteiger partial charge in [-0.25, -0.2) is 0 Å². The summed E-state index contributed by atoms with van der Waals surface area (Å²) in [6.07, 6.45) is 31.1. The standard InChI is InChI=1S/C5H7.9C4H9.3Sn/c1-2-4-5-3-1;9*1-3-4-2;;;/h1-2,5H,3-4H2;9*1,3-4H2,2H3;;;. The van der Waals surface area contributed by atoms with Gasteiger partial charge in [0.2, 0.25) is 0 Å². The van der Waals surface area contributed by atoms with E-state index in [2.05, 4.69) is 62.3 Å². The Morgan fingerprint density at radius 1 is 0.295 bits per heavy atom. The Labute approximate surface area is 294 Å². The average molecular weight is 937 g/mol. The third kappa shape index (κ3) is 14.0. The van der Waals surface area contributed by atoms with Crippen LogP contribution in [-0.4, -0.2) is 55.1 Å². The molecule has 0 heterocycles. The van der Waals surface area contributed by atoms with Crippen LogP contribution in [0.3, 0.4) is 0 Å². The summed E-state index contributed by atoms with van der Waals surface area (Å²) in [5, 5.41) is 0. The van der Waals surface area contributed by atoms with Gasteiger partial charge in [0.15, 0.2) is 0 Å². The molecule has 0 radical (unpaired) electrons. The fourth-order valence-corrected chi connectivity index (χ4v) is 85.7. The van der Waals surface area contributed by atoms with E-state index < -0.39 is 55.1 Å². The summed E-state index contributed by atoms with van der Waals surface area (Å²) in [5.74, 6) is 0. The van der Waals surface area contributed by atoms with Crippen LogP contribution in [0.25, 0.3) is 0 Å². The van der Waals surface area contributed by atoms with Crippen LogP contribution in [0.1, 0.15) is 191 Å². The molecule has 0 N–H and O–H groups in total. The Hall–Kier alpha value is 2.40. The van der Waals surface area contributed by atoms with E-state index in [-0.39, 0.29) is 0 Å². The first-order valence-corrected chi connectivity index (χ1v) is 44.5. The van der Waals surface area contributed by atoms with Crippen molar-refractivity contribution in [2.24, 2.45) is 0 Å². The summed E-state index contributed by atoms with van der Waals surface area (Å²) < 4.78 is 20.0. The molecule has 0 aromatic carbocycles. The molecule has 3 heteroatoms. The molecule has 2 unspecified atom stereocenters. The van der Waals surface area contributed by atoms with Crippen LogP contribution in [0.15, 0.2) is 0 Å². The fourth-order valence-electron chi connectivity index (χ4n) is 10.5. The van der Waals surface area contributed by atoms with Gasteiger partial charge in [0, 0.05) is 0 Å². The Balaban J connectivity index is 3.96. The van der Waals surface area contributed by atoms with E-state index in [0.29, 0.717) is 0 Å². The van der Waals surface area contributed by atoms with Crippen molar-refractivity contribution in [1.82, 2.24) is 0 Å². The minimum atomic E-state index is -2.38. The van der Waals surface area contributed by atoms with E-state index in [9.17, 15) is 0 Å². The normalized spacial score (nSPS) is 19.7. The zero-order valence-electron chi connectivity index (χ0n) is 32.7. The molecule has 0 nitrogen and oxygen atoms in total. The van der Waals surface area contributed by atoms with Crippen molar-refractivity contribution in [3.05, 3.63) is 0 Å². The van der Waals surface area contributed by atoms with Gasteiger partial charge in [0.25, 0.3) is 0 Å². The monoisotopic (exact) mass is 940 g/mol. The first-order valence-electron chi connectivity index (χ1n) is 21.4. The first-order chi connectivity index (χ1) is 21.4. The molecule has 264 valence electrons. The van der Waals surface area contributed by atoms with Crippen LogP contribution < -0.4 is 0 Å². The van der Waals surface area contributed by atoms with E-state index in [4.69, 9.17) is 0 Å². The number of hydrogen-bond donors (Lipinski definition) is 0. The summed E-state index contributed by atoms with van der Waals surface area (Å²) >= 11 is -7.04. The van der Waals surface area contributed by atoms with E-state index >= 15 is 0 Å². The zero-order chi connectivity index (χ0) is 32.7. The maximum absolute atomic E-state index is 2.53. The molecule has 0 bridgehead atoms. The van der Waals surface area contributed by atoms with Crippen LogP contribution in [0.5, 0.6) is 0 Å². The second kappa shape index (κ2) is 26.2. The molecule has 1 aliphatic carbocycles. The van der Waals surface area contributed by atoms with E-state index in [1.807, 2.05) is 12.8 Å². The van der Waals surface area contributed by atoms with Gasteiger partial charge in [-0.15, -0.1) is 0 Å². The molecule has 1 aliphatic rings. The molecule has 0 aliphatic heterocycles. The SMILES string of the molecule is CCC[CH2][Sn]([CH2]CCC)([CH2]CCC)[CH]1C[CH]([Sn]([CH2]CCC)([CH2]CCC)[CH2]CCC)[CH]([Sn]([CH2]CCC)([CH2]CCC)[CH2]CCC)C1. The van der Waals surface area contributed by atoms with Gasteiger partial charge in [0.1, 0.15) is 0 Å². The molecule has 0 amide bonds. The predicted molar refractivity (Wildman–Crippen MR) is 215 cm³/mol.